The fourth-order valence-electron chi connectivity index (χ4n) is 1.43. The molecular formula is C10H13Cl. The highest BCUT2D eigenvalue weighted by molar-refractivity contribution is 6.29. The standard InChI is InChI=1S/C10H13Cl/c1-3-9-5-4-6-10(9)7-8(2)11/h3,7H,1,4-6H2,2H3/b8-7+. The summed E-state index contributed by atoms with van der Waals surface area (Å²) in [5.41, 5.74) is 2.73. The van der Waals surface area contributed by atoms with E-state index in [1.807, 2.05) is 19.1 Å². The molecule has 0 heterocycles. The van der Waals surface area contributed by atoms with Gasteiger partial charge >= 0.3 is 0 Å². The van der Waals surface area contributed by atoms with E-state index in [-0.39, 0.29) is 0 Å². The van der Waals surface area contributed by atoms with Crippen molar-refractivity contribution in [3.05, 3.63) is 34.9 Å². The van der Waals surface area contributed by atoms with E-state index >= 15 is 0 Å². The Morgan fingerprint density at radius 3 is 2.64 bits per heavy atom. The zero-order chi connectivity index (χ0) is 8.27. The van der Waals surface area contributed by atoms with Crippen molar-refractivity contribution in [3.63, 3.8) is 0 Å². The van der Waals surface area contributed by atoms with E-state index in [0.717, 1.165) is 11.5 Å². The molecule has 0 nitrogen and oxygen atoms in total. The van der Waals surface area contributed by atoms with Gasteiger partial charge < -0.3 is 0 Å². The van der Waals surface area contributed by atoms with Gasteiger partial charge in [0, 0.05) is 5.03 Å². The van der Waals surface area contributed by atoms with Gasteiger partial charge in [0.25, 0.3) is 0 Å². The molecule has 0 aromatic carbocycles. The zero-order valence-electron chi connectivity index (χ0n) is 6.86. The topological polar surface area (TPSA) is 0 Å². The molecule has 60 valence electrons. The van der Waals surface area contributed by atoms with Gasteiger partial charge in [0.15, 0.2) is 0 Å². The van der Waals surface area contributed by atoms with Crippen LogP contribution in [0.15, 0.2) is 34.9 Å². The van der Waals surface area contributed by atoms with Crippen LogP contribution in [0, 0.1) is 0 Å². The number of rotatable bonds is 2. The maximum atomic E-state index is 5.77. The summed E-state index contributed by atoms with van der Waals surface area (Å²) in [7, 11) is 0. The van der Waals surface area contributed by atoms with Crippen LogP contribution in [-0.4, -0.2) is 0 Å². The Morgan fingerprint density at radius 1 is 1.45 bits per heavy atom. The van der Waals surface area contributed by atoms with Gasteiger partial charge in [-0.2, -0.15) is 0 Å². The fourth-order valence-corrected chi connectivity index (χ4v) is 1.56. The Labute approximate surface area is 73.3 Å². The minimum Gasteiger partial charge on any atom is -0.0988 e. The van der Waals surface area contributed by atoms with Gasteiger partial charge in [-0.05, 0) is 43.4 Å². The average molecular weight is 169 g/mol. The molecule has 0 unspecified atom stereocenters. The second-order valence-corrected chi connectivity index (χ2v) is 3.44. The molecule has 0 aromatic rings. The maximum Gasteiger partial charge on any atom is 0.0152 e. The first-order valence-corrected chi connectivity index (χ1v) is 4.30. The largest absolute Gasteiger partial charge is 0.0988 e. The lowest BCUT2D eigenvalue weighted by Crippen LogP contribution is -1.75. The molecule has 0 atom stereocenters. The lowest BCUT2D eigenvalue weighted by molar-refractivity contribution is 0.906. The van der Waals surface area contributed by atoms with E-state index in [9.17, 15) is 0 Å². The van der Waals surface area contributed by atoms with Crippen LogP contribution in [0.4, 0.5) is 0 Å². The lowest BCUT2D eigenvalue weighted by Gasteiger charge is -1.95. The van der Waals surface area contributed by atoms with Crippen LogP contribution in [0.5, 0.6) is 0 Å². The maximum absolute atomic E-state index is 5.77. The Balaban J connectivity index is 2.83. The van der Waals surface area contributed by atoms with Crippen molar-refractivity contribution >= 4 is 11.6 Å². The Hall–Kier alpha value is -0.490. The van der Waals surface area contributed by atoms with Gasteiger partial charge in [-0.3, -0.25) is 0 Å². The number of allylic oxidation sites excluding steroid dienone is 5. The molecule has 0 N–H and O–H groups in total. The Bertz CT molecular complexity index is 217. The van der Waals surface area contributed by atoms with Crippen molar-refractivity contribution in [2.45, 2.75) is 26.2 Å². The van der Waals surface area contributed by atoms with E-state index in [2.05, 4.69) is 6.58 Å². The van der Waals surface area contributed by atoms with Crippen LogP contribution < -0.4 is 0 Å². The van der Waals surface area contributed by atoms with Gasteiger partial charge in [-0.1, -0.05) is 24.3 Å². The predicted molar refractivity (Wildman–Crippen MR) is 50.7 cm³/mol. The second kappa shape index (κ2) is 3.77. The molecule has 1 aliphatic rings. The van der Waals surface area contributed by atoms with Crippen LogP contribution in [0.25, 0.3) is 0 Å². The Morgan fingerprint density at radius 2 is 2.09 bits per heavy atom. The summed E-state index contributed by atoms with van der Waals surface area (Å²) >= 11 is 5.77. The second-order valence-electron chi connectivity index (χ2n) is 2.84. The van der Waals surface area contributed by atoms with Crippen LogP contribution in [0.2, 0.25) is 0 Å². The van der Waals surface area contributed by atoms with Gasteiger partial charge in [0.05, 0.1) is 0 Å². The highest BCUT2D eigenvalue weighted by atomic mass is 35.5. The summed E-state index contributed by atoms with van der Waals surface area (Å²) in [6.07, 6.45) is 7.56. The molecule has 1 rings (SSSR count). The van der Waals surface area contributed by atoms with Crippen molar-refractivity contribution in [2.75, 3.05) is 0 Å². The predicted octanol–water partition coefficient (Wildman–Crippen LogP) is 3.80. The smallest absolute Gasteiger partial charge is 0.0152 e. The molecule has 0 bridgehead atoms. The average Bonchev–Trinajstić information content (AvgIpc) is 2.34. The lowest BCUT2D eigenvalue weighted by atomic mass is 10.1. The summed E-state index contributed by atoms with van der Waals surface area (Å²) in [6, 6.07) is 0. The molecule has 0 spiro atoms. The van der Waals surface area contributed by atoms with E-state index in [4.69, 9.17) is 11.6 Å². The minimum absolute atomic E-state index is 0.862. The van der Waals surface area contributed by atoms with Crippen LogP contribution in [-0.2, 0) is 0 Å². The van der Waals surface area contributed by atoms with Crippen LogP contribution in [0.1, 0.15) is 26.2 Å². The summed E-state index contributed by atoms with van der Waals surface area (Å²) in [6.45, 7) is 5.68. The Kier molecular flexibility index (Phi) is 2.95. The molecule has 0 radical (unpaired) electrons. The van der Waals surface area contributed by atoms with Gasteiger partial charge in [0.1, 0.15) is 0 Å². The molecule has 1 heteroatoms. The number of halogens is 1. The normalized spacial score (nSPS) is 19.3. The third kappa shape index (κ3) is 2.23. The first kappa shape index (κ1) is 8.61. The quantitative estimate of drug-likeness (QED) is 0.589. The first-order chi connectivity index (χ1) is 5.24. The van der Waals surface area contributed by atoms with Crippen LogP contribution >= 0.6 is 11.6 Å². The zero-order valence-corrected chi connectivity index (χ0v) is 7.62. The van der Waals surface area contributed by atoms with Crippen molar-refractivity contribution in [2.24, 2.45) is 0 Å². The van der Waals surface area contributed by atoms with E-state index in [1.54, 1.807) is 0 Å². The SMILES string of the molecule is C=CC1=C(/C=C(\C)Cl)CCC1. The van der Waals surface area contributed by atoms with Gasteiger partial charge in [0.2, 0.25) is 0 Å². The molecule has 11 heavy (non-hydrogen) atoms. The molecule has 0 aromatic heterocycles. The fraction of sp³-hybridized carbons (Fsp3) is 0.400. The summed E-state index contributed by atoms with van der Waals surface area (Å²) in [5, 5.41) is 0.862. The van der Waals surface area contributed by atoms with Gasteiger partial charge in [-0.15, -0.1) is 0 Å². The van der Waals surface area contributed by atoms with E-state index in [1.165, 1.54) is 24.0 Å². The third-order valence-corrected chi connectivity index (χ3v) is 2.03. The van der Waals surface area contributed by atoms with Crippen molar-refractivity contribution in [1.82, 2.24) is 0 Å². The highest BCUT2D eigenvalue weighted by Crippen LogP contribution is 2.28. The summed E-state index contributed by atoms with van der Waals surface area (Å²) in [4.78, 5) is 0. The van der Waals surface area contributed by atoms with Crippen molar-refractivity contribution in [3.8, 4) is 0 Å². The summed E-state index contributed by atoms with van der Waals surface area (Å²) < 4.78 is 0. The molecular weight excluding hydrogens is 156 g/mol. The van der Waals surface area contributed by atoms with E-state index < -0.39 is 0 Å². The first-order valence-electron chi connectivity index (χ1n) is 3.92. The minimum atomic E-state index is 0.862. The molecule has 0 aliphatic heterocycles. The van der Waals surface area contributed by atoms with Crippen molar-refractivity contribution in [1.29, 1.82) is 0 Å². The van der Waals surface area contributed by atoms with Crippen molar-refractivity contribution < 1.29 is 0 Å². The number of hydrogen-bond acceptors (Lipinski definition) is 0. The molecule has 1 aliphatic carbocycles. The van der Waals surface area contributed by atoms with E-state index in [0.29, 0.717) is 0 Å². The molecule has 0 saturated carbocycles. The molecule has 0 saturated heterocycles. The summed E-state index contributed by atoms with van der Waals surface area (Å²) in [5.74, 6) is 0. The monoisotopic (exact) mass is 168 g/mol. The molecule has 0 amide bonds. The molecule has 0 fully saturated rings. The third-order valence-electron chi connectivity index (χ3n) is 1.92. The number of hydrogen-bond donors (Lipinski definition) is 0. The van der Waals surface area contributed by atoms with Gasteiger partial charge in [-0.25, -0.2) is 0 Å². The van der Waals surface area contributed by atoms with Crippen LogP contribution in [0.3, 0.4) is 0 Å². The highest BCUT2D eigenvalue weighted by Gasteiger charge is 2.08.